The first-order chi connectivity index (χ1) is 6.86. The highest BCUT2D eigenvalue weighted by Crippen LogP contribution is 2.18. The van der Waals surface area contributed by atoms with E-state index in [-0.39, 0.29) is 0 Å². The van der Waals surface area contributed by atoms with Crippen LogP contribution in [-0.2, 0) is 4.74 Å². The summed E-state index contributed by atoms with van der Waals surface area (Å²) in [7, 11) is 0. The molecule has 0 bridgehead atoms. The van der Waals surface area contributed by atoms with Gasteiger partial charge in [0.15, 0.2) is 0 Å². The zero-order valence-corrected chi connectivity index (χ0v) is 9.30. The van der Waals surface area contributed by atoms with Crippen LogP contribution in [0.1, 0.15) is 39.0 Å². The van der Waals surface area contributed by atoms with Crippen molar-refractivity contribution < 1.29 is 4.74 Å². The van der Waals surface area contributed by atoms with Crippen molar-refractivity contribution in [3.05, 3.63) is 12.7 Å². The van der Waals surface area contributed by atoms with Gasteiger partial charge in [0.25, 0.3) is 0 Å². The largest absolute Gasteiger partial charge is 0.378 e. The van der Waals surface area contributed by atoms with E-state index >= 15 is 0 Å². The fourth-order valence-electron chi connectivity index (χ4n) is 2.06. The predicted molar refractivity (Wildman–Crippen MR) is 60.5 cm³/mol. The molecule has 1 saturated heterocycles. The van der Waals surface area contributed by atoms with E-state index in [0.717, 1.165) is 19.6 Å². The molecule has 1 aliphatic rings. The van der Waals surface area contributed by atoms with Gasteiger partial charge in [0.2, 0.25) is 0 Å². The molecule has 0 saturated carbocycles. The van der Waals surface area contributed by atoms with Gasteiger partial charge in [-0.1, -0.05) is 13.0 Å². The van der Waals surface area contributed by atoms with Crippen molar-refractivity contribution in [3.63, 3.8) is 0 Å². The zero-order valence-electron chi connectivity index (χ0n) is 9.30. The summed E-state index contributed by atoms with van der Waals surface area (Å²) in [4.78, 5) is 0. The molecule has 0 aromatic heterocycles. The molecule has 0 aromatic rings. The van der Waals surface area contributed by atoms with Crippen LogP contribution in [0, 0.1) is 0 Å². The number of rotatable bonds is 7. The van der Waals surface area contributed by atoms with Crippen molar-refractivity contribution in [1.82, 2.24) is 5.32 Å². The first-order valence-electron chi connectivity index (χ1n) is 5.82. The third-order valence-electron chi connectivity index (χ3n) is 2.78. The summed E-state index contributed by atoms with van der Waals surface area (Å²) < 4.78 is 5.64. The highest BCUT2D eigenvalue weighted by molar-refractivity contribution is 4.78. The topological polar surface area (TPSA) is 21.3 Å². The SMILES string of the molecule is C=CCCC(CC1CCCO1)NCC. The normalized spacial score (nSPS) is 23.6. The maximum absolute atomic E-state index is 5.64. The average molecular weight is 197 g/mol. The van der Waals surface area contributed by atoms with E-state index in [1.165, 1.54) is 25.7 Å². The van der Waals surface area contributed by atoms with Crippen LogP contribution < -0.4 is 5.32 Å². The van der Waals surface area contributed by atoms with Crippen LogP contribution in [0.4, 0.5) is 0 Å². The Kier molecular flexibility index (Phi) is 5.88. The lowest BCUT2D eigenvalue weighted by atomic mass is 10.0. The lowest BCUT2D eigenvalue weighted by molar-refractivity contribution is 0.0939. The molecule has 1 fully saturated rings. The van der Waals surface area contributed by atoms with Crippen LogP contribution in [-0.4, -0.2) is 25.3 Å². The van der Waals surface area contributed by atoms with Crippen LogP contribution in [0.2, 0.25) is 0 Å². The van der Waals surface area contributed by atoms with Crippen LogP contribution in [0.15, 0.2) is 12.7 Å². The van der Waals surface area contributed by atoms with Gasteiger partial charge in [-0.2, -0.15) is 0 Å². The summed E-state index contributed by atoms with van der Waals surface area (Å²) in [5.41, 5.74) is 0. The molecule has 1 aliphatic heterocycles. The molecule has 0 radical (unpaired) electrons. The first-order valence-corrected chi connectivity index (χ1v) is 5.82. The minimum atomic E-state index is 0.504. The third kappa shape index (κ3) is 4.25. The molecular formula is C12H23NO. The molecule has 82 valence electrons. The molecule has 0 spiro atoms. The molecule has 2 nitrogen and oxygen atoms in total. The number of hydrogen-bond acceptors (Lipinski definition) is 2. The third-order valence-corrected chi connectivity index (χ3v) is 2.78. The van der Waals surface area contributed by atoms with Crippen LogP contribution >= 0.6 is 0 Å². The van der Waals surface area contributed by atoms with Crippen molar-refractivity contribution in [3.8, 4) is 0 Å². The van der Waals surface area contributed by atoms with Gasteiger partial charge in [0, 0.05) is 12.6 Å². The number of hydrogen-bond donors (Lipinski definition) is 1. The van der Waals surface area contributed by atoms with E-state index in [4.69, 9.17) is 4.74 Å². The summed E-state index contributed by atoms with van der Waals surface area (Å²) in [6.45, 7) is 7.94. The van der Waals surface area contributed by atoms with Crippen molar-refractivity contribution in [2.24, 2.45) is 0 Å². The minimum absolute atomic E-state index is 0.504. The highest BCUT2D eigenvalue weighted by atomic mass is 16.5. The molecule has 2 atom stereocenters. The molecule has 2 heteroatoms. The number of nitrogens with one attached hydrogen (secondary N) is 1. The maximum atomic E-state index is 5.64. The molecule has 0 aliphatic carbocycles. The van der Waals surface area contributed by atoms with Crippen molar-refractivity contribution in [2.45, 2.75) is 51.2 Å². The summed E-state index contributed by atoms with van der Waals surface area (Å²) in [5.74, 6) is 0. The Bertz CT molecular complexity index is 152. The van der Waals surface area contributed by atoms with E-state index in [0.29, 0.717) is 12.1 Å². The molecule has 1 N–H and O–H groups in total. The van der Waals surface area contributed by atoms with Gasteiger partial charge in [-0.05, 0) is 38.6 Å². The summed E-state index contributed by atoms with van der Waals surface area (Å²) in [5, 5.41) is 3.52. The molecular weight excluding hydrogens is 174 g/mol. The fraction of sp³-hybridized carbons (Fsp3) is 0.833. The Morgan fingerprint density at radius 2 is 2.50 bits per heavy atom. The van der Waals surface area contributed by atoms with Crippen molar-refractivity contribution >= 4 is 0 Å². The highest BCUT2D eigenvalue weighted by Gasteiger charge is 2.19. The fourth-order valence-corrected chi connectivity index (χ4v) is 2.06. The first kappa shape index (κ1) is 11.7. The predicted octanol–water partition coefficient (Wildman–Crippen LogP) is 2.50. The van der Waals surface area contributed by atoms with Gasteiger partial charge in [0.1, 0.15) is 0 Å². The Labute approximate surface area is 87.7 Å². The second-order valence-corrected chi connectivity index (χ2v) is 3.99. The molecule has 1 heterocycles. The quantitative estimate of drug-likeness (QED) is 0.633. The Morgan fingerprint density at radius 1 is 1.64 bits per heavy atom. The van der Waals surface area contributed by atoms with E-state index < -0.39 is 0 Å². The van der Waals surface area contributed by atoms with E-state index in [9.17, 15) is 0 Å². The van der Waals surface area contributed by atoms with Gasteiger partial charge in [-0.15, -0.1) is 6.58 Å². The summed E-state index contributed by atoms with van der Waals surface area (Å²) in [6, 6.07) is 0.612. The Morgan fingerprint density at radius 3 is 3.07 bits per heavy atom. The van der Waals surface area contributed by atoms with Crippen LogP contribution in [0.3, 0.4) is 0 Å². The summed E-state index contributed by atoms with van der Waals surface area (Å²) >= 11 is 0. The smallest absolute Gasteiger partial charge is 0.0590 e. The van der Waals surface area contributed by atoms with E-state index in [1.807, 2.05) is 6.08 Å². The lowest BCUT2D eigenvalue weighted by Gasteiger charge is -2.20. The average Bonchev–Trinajstić information content (AvgIpc) is 2.67. The van der Waals surface area contributed by atoms with E-state index in [1.54, 1.807) is 0 Å². The standard InChI is InChI=1S/C12H23NO/c1-3-5-7-11(13-4-2)10-12-8-6-9-14-12/h3,11-13H,1,4-10H2,2H3. The maximum Gasteiger partial charge on any atom is 0.0590 e. The Hall–Kier alpha value is -0.340. The van der Waals surface area contributed by atoms with Gasteiger partial charge >= 0.3 is 0 Å². The van der Waals surface area contributed by atoms with Crippen molar-refractivity contribution in [1.29, 1.82) is 0 Å². The second-order valence-electron chi connectivity index (χ2n) is 3.99. The second kappa shape index (κ2) is 7.02. The molecule has 1 rings (SSSR count). The monoisotopic (exact) mass is 197 g/mol. The molecule has 0 aromatic carbocycles. The van der Waals surface area contributed by atoms with E-state index in [2.05, 4.69) is 18.8 Å². The summed E-state index contributed by atoms with van der Waals surface area (Å²) in [6.07, 6.45) is 8.45. The Balaban J connectivity index is 2.21. The lowest BCUT2D eigenvalue weighted by Crippen LogP contribution is -2.32. The van der Waals surface area contributed by atoms with Crippen LogP contribution in [0.5, 0.6) is 0 Å². The number of allylic oxidation sites excluding steroid dienone is 1. The van der Waals surface area contributed by atoms with Gasteiger partial charge in [-0.3, -0.25) is 0 Å². The van der Waals surface area contributed by atoms with Gasteiger partial charge < -0.3 is 10.1 Å². The molecule has 14 heavy (non-hydrogen) atoms. The zero-order chi connectivity index (χ0) is 10.2. The molecule has 2 unspecified atom stereocenters. The van der Waals surface area contributed by atoms with Gasteiger partial charge in [0.05, 0.1) is 6.10 Å². The van der Waals surface area contributed by atoms with Crippen molar-refractivity contribution in [2.75, 3.05) is 13.2 Å². The number of ether oxygens (including phenoxy) is 1. The minimum Gasteiger partial charge on any atom is -0.378 e. The molecule has 0 amide bonds. The van der Waals surface area contributed by atoms with Gasteiger partial charge in [-0.25, -0.2) is 0 Å². The van der Waals surface area contributed by atoms with Crippen LogP contribution in [0.25, 0.3) is 0 Å².